The van der Waals surface area contributed by atoms with Gasteiger partial charge in [0, 0.05) is 12.1 Å². The third-order valence-electron chi connectivity index (χ3n) is 6.16. The molecule has 4 rings (SSSR count). The maximum absolute atomic E-state index is 13.5. The lowest BCUT2D eigenvalue weighted by Gasteiger charge is -2.37. The van der Waals surface area contributed by atoms with Crippen LogP contribution in [0.3, 0.4) is 0 Å². The van der Waals surface area contributed by atoms with Crippen LogP contribution in [0.2, 0.25) is 0 Å². The van der Waals surface area contributed by atoms with Crippen molar-refractivity contribution in [3.63, 3.8) is 0 Å². The molecule has 0 bridgehead atoms. The normalized spacial score (nSPS) is 21.5. The number of nitrogens with zero attached hydrogens (tertiary/aromatic N) is 1. The molecule has 0 aliphatic carbocycles. The smallest absolute Gasteiger partial charge is 0.255 e. The van der Waals surface area contributed by atoms with Crippen molar-refractivity contribution in [2.45, 2.75) is 58.2 Å². The average Bonchev–Trinajstić information content (AvgIpc) is 3.36. The Balaban J connectivity index is 1.54. The van der Waals surface area contributed by atoms with Gasteiger partial charge in [0.1, 0.15) is 30.2 Å². The van der Waals surface area contributed by atoms with Crippen molar-refractivity contribution in [2.24, 2.45) is 5.92 Å². The second-order valence-corrected chi connectivity index (χ2v) is 9.04. The van der Waals surface area contributed by atoms with E-state index in [9.17, 15) is 14.4 Å². The number of hydrogen-bond acceptors (Lipinski definition) is 5. The number of rotatable bonds is 6. The molecule has 0 unspecified atom stereocenters. The highest BCUT2D eigenvalue weighted by atomic mass is 16.5. The highest BCUT2D eigenvalue weighted by molar-refractivity contribution is 6.00. The lowest BCUT2D eigenvalue weighted by Crippen LogP contribution is -2.58. The number of benzene rings is 1. The highest BCUT2D eigenvalue weighted by Crippen LogP contribution is 2.28. The van der Waals surface area contributed by atoms with Crippen molar-refractivity contribution in [1.82, 2.24) is 10.2 Å². The number of carbonyl (C=O) groups excluding carboxylic acids is 3. The molecular formula is C25H30N2O5. The van der Waals surface area contributed by atoms with Crippen molar-refractivity contribution >= 4 is 17.6 Å². The Morgan fingerprint density at radius 2 is 1.97 bits per heavy atom. The van der Waals surface area contributed by atoms with Crippen molar-refractivity contribution in [1.29, 1.82) is 0 Å². The van der Waals surface area contributed by atoms with Gasteiger partial charge in [-0.15, -0.1) is 0 Å². The van der Waals surface area contributed by atoms with E-state index >= 15 is 0 Å². The zero-order chi connectivity index (χ0) is 22.8. The van der Waals surface area contributed by atoms with Gasteiger partial charge in [0.15, 0.2) is 5.78 Å². The molecule has 2 fully saturated rings. The zero-order valence-electron chi connectivity index (χ0n) is 18.8. The number of ketones is 1. The zero-order valence-corrected chi connectivity index (χ0v) is 18.8. The first-order valence-electron chi connectivity index (χ1n) is 11.3. The molecule has 0 saturated carbocycles. The van der Waals surface area contributed by atoms with Crippen molar-refractivity contribution < 1.29 is 23.5 Å². The number of piperidine rings is 1. The van der Waals surface area contributed by atoms with Crippen LogP contribution in [0.5, 0.6) is 0 Å². The summed E-state index contributed by atoms with van der Waals surface area (Å²) in [4.78, 5) is 40.6. The molecule has 7 nitrogen and oxygen atoms in total. The fraction of sp³-hybridized carbons (Fsp3) is 0.480. The minimum atomic E-state index is -0.718. The summed E-state index contributed by atoms with van der Waals surface area (Å²) in [7, 11) is 0. The van der Waals surface area contributed by atoms with E-state index in [0.29, 0.717) is 30.0 Å². The Hall–Kier alpha value is -2.93. The molecule has 0 spiro atoms. The third-order valence-corrected chi connectivity index (χ3v) is 6.16. The number of fused-ring (bicyclic) bond motifs is 1. The number of Topliss-reactive ketones (excluding diaryl/α,β-unsaturated/α-hetero) is 1. The fourth-order valence-corrected chi connectivity index (χ4v) is 4.62. The number of aryl methyl sites for hydroxylation is 1. The topological polar surface area (TPSA) is 88.8 Å². The molecule has 2 aliphatic heterocycles. The first-order chi connectivity index (χ1) is 15.3. The van der Waals surface area contributed by atoms with Crippen LogP contribution in [-0.4, -0.2) is 53.8 Å². The lowest BCUT2D eigenvalue weighted by atomic mass is 9.95. The summed E-state index contributed by atoms with van der Waals surface area (Å²) in [6.07, 6.45) is 1.80. The molecule has 32 heavy (non-hydrogen) atoms. The van der Waals surface area contributed by atoms with E-state index in [1.54, 1.807) is 17.9 Å². The average molecular weight is 439 g/mol. The number of likely N-dealkylation sites (tertiary alicyclic amines) is 1. The van der Waals surface area contributed by atoms with Gasteiger partial charge in [-0.2, -0.15) is 0 Å². The maximum atomic E-state index is 13.5. The molecule has 170 valence electrons. The summed E-state index contributed by atoms with van der Waals surface area (Å²) in [6, 6.07) is 10.0. The molecule has 1 aromatic heterocycles. The SMILES string of the molecule is Cc1oc(-c2ccccc2)cc1C(=O)N[C@@H](CC(C)C)C(=O)N1CCC[C@H]2OCC(=O)[C@H]21. The summed E-state index contributed by atoms with van der Waals surface area (Å²) in [5, 5.41) is 2.92. The number of carbonyl (C=O) groups is 3. The van der Waals surface area contributed by atoms with Crippen molar-refractivity contribution in [3.05, 3.63) is 47.7 Å². The van der Waals surface area contributed by atoms with E-state index in [4.69, 9.17) is 9.15 Å². The molecular weight excluding hydrogens is 408 g/mol. The van der Waals surface area contributed by atoms with Crippen LogP contribution in [-0.2, 0) is 14.3 Å². The van der Waals surface area contributed by atoms with E-state index in [-0.39, 0.29) is 36.2 Å². The summed E-state index contributed by atoms with van der Waals surface area (Å²) in [6.45, 7) is 6.31. The summed E-state index contributed by atoms with van der Waals surface area (Å²) < 4.78 is 11.4. The lowest BCUT2D eigenvalue weighted by molar-refractivity contribution is -0.142. The molecule has 2 aromatic rings. The second kappa shape index (κ2) is 9.28. The monoisotopic (exact) mass is 438 g/mol. The Morgan fingerprint density at radius 3 is 2.69 bits per heavy atom. The number of ether oxygens (including phenoxy) is 1. The number of nitrogens with one attached hydrogen (secondary N) is 1. The molecule has 1 aromatic carbocycles. The van der Waals surface area contributed by atoms with E-state index < -0.39 is 12.1 Å². The number of amides is 2. The van der Waals surface area contributed by atoms with Crippen LogP contribution >= 0.6 is 0 Å². The molecule has 2 saturated heterocycles. The van der Waals surface area contributed by atoms with Crippen LogP contribution in [0, 0.1) is 12.8 Å². The summed E-state index contributed by atoms with van der Waals surface area (Å²) in [5.41, 5.74) is 1.28. The van der Waals surface area contributed by atoms with E-state index in [0.717, 1.165) is 18.4 Å². The van der Waals surface area contributed by atoms with Gasteiger partial charge in [0.2, 0.25) is 5.91 Å². The maximum Gasteiger partial charge on any atom is 0.255 e. The molecule has 3 heterocycles. The van der Waals surface area contributed by atoms with Gasteiger partial charge in [-0.25, -0.2) is 0 Å². The quantitative estimate of drug-likeness (QED) is 0.747. The predicted octanol–water partition coefficient (Wildman–Crippen LogP) is 3.36. The molecule has 7 heteroatoms. The Labute approximate surface area is 188 Å². The van der Waals surface area contributed by atoms with Gasteiger partial charge in [0.25, 0.3) is 5.91 Å². The Morgan fingerprint density at radius 1 is 1.22 bits per heavy atom. The molecule has 0 radical (unpaired) electrons. The number of hydrogen-bond donors (Lipinski definition) is 1. The van der Waals surface area contributed by atoms with E-state index in [1.807, 2.05) is 44.2 Å². The summed E-state index contributed by atoms with van der Waals surface area (Å²) in [5.74, 6) is 0.656. The Kier molecular flexibility index (Phi) is 6.46. The Bertz CT molecular complexity index is 997. The largest absolute Gasteiger partial charge is 0.461 e. The van der Waals surface area contributed by atoms with Crippen LogP contribution in [0.1, 0.15) is 49.2 Å². The third kappa shape index (κ3) is 4.48. The molecule has 2 aliphatic rings. The van der Waals surface area contributed by atoms with Crippen molar-refractivity contribution in [2.75, 3.05) is 13.2 Å². The van der Waals surface area contributed by atoms with Crippen molar-refractivity contribution in [3.8, 4) is 11.3 Å². The van der Waals surface area contributed by atoms with Crippen LogP contribution in [0.15, 0.2) is 40.8 Å². The minimum absolute atomic E-state index is 0.0524. The van der Waals surface area contributed by atoms with Gasteiger partial charge < -0.3 is 19.4 Å². The molecule has 1 N–H and O–H groups in total. The summed E-state index contributed by atoms with van der Waals surface area (Å²) >= 11 is 0. The van der Waals surface area contributed by atoms with Gasteiger partial charge >= 0.3 is 0 Å². The van der Waals surface area contributed by atoms with E-state index in [2.05, 4.69) is 5.32 Å². The molecule has 2 amide bonds. The molecule has 3 atom stereocenters. The number of furan rings is 1. The van der Waals surface area contributed by atoms with Gasteiger partial charge in [-0.05, 0) is 38.2 Å². The first-order valence-corrected chi connectivity index (χ1v) is 11.3. The van der Waals surface area contributed by atoms with Crippen LogP contribution in [0.4, 0.5) is 0 Å². The van der Waals surface area contributed by atoms with Gasteiger partial charge in [-0.3, -0.25) is 14.4 Å². The first kappa shape index (κ1) is 22.3. The van der Waals surface area contributed by atoms with E-state index in [1.165, 1.54) is 0 Å². The van der Waals surface area contributed by atoms with Crippen LogP contribution < -0.4 is 5.32 Å². The fourth-order valence-electron chi connectivity index (χ4n) is 4.62. The second-order valence-electron chi connectivity index (χ2n) is 9.04. The van der Waals surface area contributed by atoms with Gasteiger partial charge in [-0.1, -0.05) is 44.2 Å². The highest BCUT2D eigenvalue weighted by Gasteiger charge is 2.45. The van der Waals surface area contributed by atoms with Crippen LogP contribution in [0.25, 0.3) is 11.3 Å². The minimum Gasteiger partial charge on any atom is -0.461 e. The standard InChI is InChI=1S/C25H30N2O5/c1-15(2)12-19(25(30)27-11-7-10-21-23(27)20(28)14-31-21)26-24(29)18-13-22(32-16(18)3)17-8-5-4-6-9-17/h4-6,8-9,13,15,19,21,23H,7,10-12,14H2,1-3H3,(H,26,29)/t19-,21+,23+/m0/s1. The predicted molar refractivity (Wildman–Crippen MR) is 119 cm³/mol. The van der Waals surface area contributed by atoms with Gasteiger partial charge in [0.05, 0.1) is 11.7 Å².